The predicted molar refractivity (Wildman–Crippen MR) is 90.2 cm³/mol. The molecule has 0 bridgehead atoms. The molecule has 0 heterocycles. The van der Waals surface area contributed by atoms with E-state index in [0.29, 0.717) is 25.8 Å². The highest BCUT2D eigenvalue weighted by Gasteiger charge is 2.27. The molecule has 0 aliphatic carbocycles. The molecule has 9 N–H and O–H groups in total. The van der Waals surface area contributed by atoms with E-state index in [1.807, 2.05) is 6.92 Å². The van der Waals surface area contributed by atoms with E-state index >= 15 is 0 Å². The molecule has 0 aliphatic heterocycles. The van der Waals surface area contributed by atoms with Gasteiger partial charge in [-0.15, -0.1) is 0 Å². The summed E-state index contributed by atoms with van der Waals surface area (Å²) in [5.41, 5.74) is 16.0. The summed E-state index contributed by atoms with van der Waals surface area (Å²) in [5, 5.41) is 19.0. The number of hydrogen-bond acceptors (Lipinski definition) is 5. The molecule has 0 saturated heterocycles. The topological polar surface area (TPSA) is 194 Å². The van der Waals surface area contributed by atoms with Crippen molar-refractivity contribution in [1.29, 1.82) is 0 Å². The number of nitrogens with two attached hydrogens (primary N) is 3. The second-order valence-corrected chi connectivity index (χ2v) is 5.28. The Morgan fingerprint density at radius 3 is 2.08 bits per heavy atom. The number of aliphatic imine (C=N–C) groups is 1. The van der Waals surface area contributed by atoms with Crippen LogP contribution < -0.4 is 22.5 Å². The molecule has 0 radical (unpaired) electrons. The van der Waals surface area contributed by atoms with E-state index in [1.165, 1.54) is 0 Å². The summed E-state index contributed by atoms with van der Waals surface area (Å²) in [6.45, 7) is 5.10. The first kappa shape index (κ1) is 23.9. The number of aliphatic carboxylic acids is 2. The summed E-state index contributed by atoms with van der Waals surface area (Å²) in [4.78, 5) is 35.7. The van der Waals surface area contributed by atoms with Crippen molar-refractivity contribution in [2.75, 3.05) is 6.54 Å². The van der Waals surface area contributed by atoms with Gasteiger partial charge in [-0.25, -0.2) is 4.79 Å². The second kappa shape index (κ2) is 13.1. The van der Waals surface area contributed by atoms with Gasteiger partial charge in [0.15, 0.2) is 5.96 Å². The highest BCUT2D eigenvalue weighted by Crippen LogP contribution is 2.08. The molecular formula is C14H29N5O5. The van der Waals surface area contributed by atoms with Gasteiger partial charge >= 0.3 is 5.97 Å². The Kier molecular flexibility index (Phi) is 13.1. The van der Waals surface area contributed by atoms with E-state index in [-0.39, 0.29) is 11.9 Å². The Labute approximate surface area is 141 Å². The molecule has 24 heavy (non-hydrogen) atoms. The van der Waals surface area contributed by atoms with Crippen LogP contribution in [0.25, 0.3) is 0 Å². The van der Waals surface area contributed by atoms with Crippen LogP contribution in [0.4, 0.5) is 0 Å². The Morgan fingerprint density at radius 2 is 1.71 bits per heavy atom. The zero-order valence-electron chi connectivity index (χ0n) is 14.4. The molecule has 1 amide bonds. The first-order chi connectivity index (χ1) is 11.0. The third-order valence-corrected chi connectivity index (χ3v) is 3.08. The molecule has 0 spiro atoms. The lowest BCUT2D eigenvalue weighted by molar-refractivity contribution is -0.143. The highest BCUT2D eigenvalue weighted by atomic mass is 16.4. The minimum atomic E-state index is -1.06. The summed E-state index contributed by atoms with van der Waals surface area (Å²) in [7, 11) is 0. The number of carboxylic acids is 2. The molecular weight excluding hydrogens is 318 g/mol. The third-order valence-electron chi connectivity index (χ3n) is 3.08. The molecule has 3 atom stereocenters. The smallest absolute Gasteiger partial charge is 0.326 e. The van der Waals surface area contributed by atoms with Gasteiger partial charge in [-0.1, -0.05) is 20.3 Å². The maximum absolute atomic E-state index is 11.8. The van der Waals surface area contributed by atoms with E-state index in [2.05, 4.69) is 10.3 Å². The van der Waals surface area contributed by atoms with Crippen LogP contribution in [0.1, 0.15) is 40.0 Å². The molecule has 0 fully saturated rings. The lowest BCUT2D eigenvalue weighted by Crippen LogP contribution is -2.51. The number of nitrogens with zero attached hydrogens (tertiary/aromatic N) is 1. The van der Waals surface area contributed by atoms with E-state index in [1.54, 1.807) is 6.92 Å². The number of amides is 1. The van der Waals surface area contributed by atoms with Crippen LogP contribution >= 0.6 is 0 Å². The molecule has 0 aromatic rings. The normalized spacial score (nSPS) is 13.5. The predicted octanol–water partition coefficient (Wildman–Crippen LogP) is -0.926. The number of guanidine groups is 1. The zero-order valence-corrected chi connectivity index (χ0v) is 14.4. The molecule has 0 aromatic heterocycles. The maximum atomic E-state index is 11.8. The lowest BCUT2D eigenvalue weighted by Gasteiger charge is -2.22. The summed E-state index contributed by atoms with van der Waals surface area (Å²) < 4.78 is 0. The quantitative estimate of drug-likeness (QED) is 0.175. The Morgan fingerprint density at radius 1 is 1.21 bits per heavy atom. The Balaban J connectivity index is 0. The van der Waals surface area contributed by atoms with Crippen molar-refractivity contribution in [2.24, 2.45) is 28.1 Å². The summed E-state index contributed by atoms with van der Waals surface area (Å²) in [6, 6.07) is -1.69. The monoisotopic (exact) mass is 347 g/mol. The van der Waals surface area contributed by atoms with Gasteiger partial charge in [0.2, 0.25) is 5.91 Å². The van der Waals surface area contributed by atoms with Crippen LogP contribution in [0.15, 0.2) is 4.99 Å². The van der Waals surface area contributed by atoms with Gasteiger partial charge in [0.25, 0.3) is 5.97 Å². The lowest BCUT2D eigenvalue weighted by atomic mass is 9.98. The Hall–Kier alpha value is -2.36. The van der Waals surface area contributed by atoms with Crippen molar-refractivity contribution < 1.29 is 24.6 Å². The van der Waals surface area contributed by atoms with Gasteiger partial charge < -0.3 is 32.7 Å². The van der Waals surface area contributed by atoms with Gasteiger partial charge in [-0.3, -0.25) is 14.6 Å². The number of hydrogen-bond donors (Lipinski definition) is 6. The van der Waals surface area contributed by atoms with Crippen LogP contribution in [0, 0.1) is 5.92 Å². The average Bonchev–Trinajstić information content (AvgIpc) is 2.46. The van der Waals surface area contributed by atoms with Gasteiger partial charge in [0.05, 0.1) is 6.04 Å². The van der Waals surface area contributed by atoms with Gasteiger partial charge in [-0.2, -0.15) is 0 Å². The number of carbonyl (C=O) groups is 3. The fourth-order valence-corrected chi connectivity index (χ4v) is 1.59. The van der Waals surface area contributed by atoms with Crippen molar-refractivity contribution in [3.05, 3.63) is 0 Å². The molecule has 10 heteroatoms. The minimum absolute atomic E-state index is 0.00858. The molecule has 0 aromatic carbocycles. The van der Waals surface area contributed by atoms with Crippen LogP contribution in [0.5, 0.6) is 0 Å². The zero-order chi connectivity index (χ0) is 19.3. The first-order valence-corrected chi connectivity index (χ1v) is 7.56. The van der Waals surface area contributed by atoms with Crippen LogP contribution in [-0.2, 0) is 14.4 Å². The van der Waals surface area contributed by atoms with Crippen LogP contribution in [-0.4, -0.2) is 52.6 Å². The molecule has 0 rings (SSSR count). The van der Waals surface area contributed by atoms with Crippen LogP contribution in [0.2, 0.25) is 0 Å². The van der Waals surface area contributed by atoms with Gasteiger partial charge in [-0.05, 0) is 18.8 Å². The largest absolute Gasteiger partial charge is 0.481 e. The molecule has 0 unspecified atom stereocenters. The fourth-order valence-electron chi connectivity index (χ4n) is 1.59. The number of rotatable bonds is 9. The average molecular weight is 347 g/mol. The summed E-state index contributed by atoms with van der Waals surface area (Å²) in [5.74, 6) is -2.53. The van der Waals surface area contributed by atoms with Crippen molar-refractivity contribution in [2.45, 2.75) is 52.1 Å². The minimum Gasteiger partial charge on any atom is -0.481 e. The maximum Gasteiger partial charge on any atom is 0.326 e. The Bertz CT molecular complexity index is 433. The van der Waals surface area contributed by atoms with Gasteiger partial charge in [0.1, 0.15) is 6.04 Å². The van der Waals surface area contributed by atoms with Crippen molar-refractivity contribution in [3.63, 3.8) is 0 Å². The summed E-state index contributed by atoms with van der Waals surface area (Å²) in [6.07, 6.45) is 1.58. The second-order valence-electron chi connectivity index (χ2n) is 5.28. The fraction of sp³-hybridized carbons (Fsp3) is 0.714. The number of carbonyl (C=O) groups excluding carboxylic acids is 1. The van der Waals surface area contributed by atoms with Crippen molar-refractivity contribution in [1.82, 2.24) is 5.32 Å². The molecule has 0 aliphatic rings. The summed E-state index contributed by atoms with van der Waals surface area (Å²) >= 11 is 0. The van der Waals surface area contributed by atoms with E-state index in [0.717, 1.165) is 6.92 Å². The van der Waals surface area contributed by atoms with Crippen molar-refractivity contribution >= 4 is 23.8 Å². The van der Waals surface area contributed by atoms with Gasteiger partial charge in [0, 0.05) is 13.5 Å². The van der Waals surface area contributed by atoms with E-state index in [9.17, 15) is 9.59 Å². The van der Waals surface area contributed by atoms with Crippen LogP contribution in [0.3, 0.4) is 0 Å². The SMILES string of the molecule is CC(=O)O.CC[C@H](C)[C@H](NC(=O)[C@@H](N)CCCN=C(N)N)C(=O)O. The molecule has 140 valence electrons. The first-order valence-electron chi connectivity index (χ1n) is 7.56. The third kappa shape index (κ3) is 13.3. The van der Waals surface area contributed by atoms with Crippen molar-refractivity contribution in [3.8, 4) is 0 Å². The highest BCUT2D eigenvalue weighted by molar-refractivity contribution is 5.86. The van der Waals surface area contributed by atoms with E-state index in [4.69, 9.17) is 32.2 Å². The standard InChI is InChI=1S/C12H25N5O3.C2H4O2/c1-3-7(2)9(11(19)20)17-10(18)8(13)5-4-6-16-12(14)15;1-2(3)4/h7-9H,3-6,13H2,1-2H3,(H,17,18)(H,19,20)(H4,14,15,16);1H3,(H,3,4)/t7-,8-,9-;/m0./s1. The van der Waals surface area contributed by atoms with E-state index < -0.39 is 29.9 Å². The molecule has 0 saturated carbocycles. The number of carboxylic acid groups (broad SMARTS) is 2. The molecule has 10 nitrogen and oxygen atoms in total. The number of nitrogens with one attached hydrogen (secondary N) is 1.